The largest absolute Gasteiger partial charge is 0.489 e. The molecule has 8 nitrogen and oxygen atoms in total. The van der Waals surface area contributed by atoms with Gasteiger partial charge in [0.05, 0.1) is 12.2 Å². The second-order valence-corrected chi connectivity index (χ2v) is 12.5. The summed E-state index contributed by atoms with van der Waals surface area (Å²) < 4.78 is 31.2. The van der Waals surface area contributed by atoms with Crippen LogP contribution in [-0.2, 0) is 27.8 Å². The Labute approximate surface area is 222 Å². The first-order chi connectivity index (χ1) is 18.2. The molecule has 198 valence electrons. The summed E-state index contributed by atoms with van der Waals surface area (Å²) in [5.41, 5.74) is 6.47. The number of sulfonamides is 1. The molecule has 1 aliphatic heterocycles. The van der Waals surface area contributed by atoms with Gasteiger partial charge in [0, 0.05) is 43.4 Å². The molecule has 2 heterocycles. The molecular weight excluding hydrogens is 502 g/mol. The van der Waals surface area contributed by atoms with Crippen molar-refractivity contribution in [2.24, 2.45) is 11.8 Å². The van der Waals surface area contributed by atoms with Gasteiger partial charge in [0.15, 0.2) is 0 Å². The van der Waals surface area contributed by atoms with Gasteiger partial charge < -0.3 is 14.7 Å². The van der Waals surface area contributed by atoms with E-state index in [9.17, 15) is 18.3 Å². The van der Waals surface area contributed by atoms with Crippen LogP contribution in [0.1, 0.15) is 28.3 Å². The number of carboxylic acids is 1. The number of piperazine rings is 1. The lowest BCUT2D eigenvalue weighted by molar-refractivity contribution is -0.139. The zero-order valence-corrected chi connectivity index (χ0v) is 22.3. The van der Waals surface area contributed by atoms with Crippen molar-refractivity contribution >= 4 is 21.8 Å². The van der Waals surface area contributed by atoms with Crippen molar-refractivity contribution in [3.05, 3.63) is 77.0 Å². The zero-order chi connectivity index (χ0) is 26.6. The molecule has 2 aliphatic carbocycles. The van der Waals surface area contributed by atoms with Gasteiger partial charge in [0.2, 0.25) is 10.0 Å². The highest BCUT2D eigenvalue weighted by molar-refractivity contribution is 7.88. The van der Waals surface area contributed by atoms with Crippen LogP contribution >= 0.6 is 0 Å². The first-order valence-corrected chi connectivity index (χ1v) is 14.8. The van der Waals surface area contributed by atoms with Crippen LogP contribution in [0, 0.1) is 18.8 Å². The number of aliphatic carboxylic acids is 1. The minimum Gasteiger partial charge on any atom is -0.489 e. The van der Waals surface area contributed by atoms with Crippen LogP contribution < -0.4 is 9.64 Å². The summed E-state index contributed by atoms with van der Waals surface area (Å²) in [7, 11) is -3.16. The van der Waals surface area contributed by atoms with Crippen LogP contribution in [0.15, 0.2) is 54.6 Å². The van der Waals surface area contributed by atoms with E-state index in [1.54, 1.807) is 0 Å². The lowest BCUT2D eigenvalue weighted by Crippen LogP contribution is -2.48. The summed E-state index contributed by atoms with van der Waals surface area (Å²) in [4.78, 5) is 18.3. The Hall–Kier alpha value is -3.43. The van der Waals surface area contributed by atoms with Crippen LogP contribution in [0.5, 0.6) is 5.75 Å². The number of benzene rings is 2. The second kappa shape index (κ2) is 9.39. The molecule has 9 heteroatoms. The fraction of sp³-hybridized carbons (Fsp3) is 0.379. The SMILES string of the molecule is Cc1nc(N2CCN(S(C)(=O)=O)CC2)ccc1-c1cccc(COc2ccc3c(c2)CC2C(C(=O)O)C32)c1. The molecule has 38 heavy (non-hydrogen) atoms. The fourth-order valence-corrected chi connectivity index (χ4v) is 6.92. The number of pyridine rings is 1. The number of anilines is 1. The molecular formula is C29H31N3O5S. The molecule has 6 rings (SSSR count). The minimum absolute atomic E-state index is 0.175. The maximum atomic E-state index is 11.8. The van der Waals surface area contributed by atoms with E-state index in [0.717, 1.165) is 40.4 Å². The highest BCUT2D eigenvalue weighted by Gasteiger charge is 2.59. The van der Waals surface area contributed by atoms with Gasteiger partial charge in [0.1, 0.15) is 18.2 Å². The molecule has 2 fully saturated rings. The smallest absolute Gasteiger partial charge is 0.307 e. The zero-order valence-electron chi connectivity index (χ0n) is 21.5. The van der Waals surface area contributed by atoms with Crippen molar-refractivity contribution in [1.82, 2.24) is 9.29 Å². The van der Waals surface area contributed by atoms with Crippen molar-refractivity contribution in [1.29, 1.82) is 0 Å². The van der Waals surface area contributed by atoms with Crippen LogP contribution in [0.4, 0.5) is 5.82 Å². The first kappa shape index (κ1) is 24.9. The van der Waals surface area contributed by atoms with E-state index in [0.29, 0.717) is 32.8 Å². The fourth-order valence-electron chi connectivity index (χ4n) is 6.09. The van der Waals surface area contributed by atoms with E-state index in [-0.39, 0.29) is 17.8 Å². The monoisotopic (exact) mass is 533 g/mol. The minimum atomic E-state index is -3.16. The third-order valence-electron chi connectivity index (χ3n) is 8.13. The van der Waals surface area contributed by atoms with Crippen LogP contribution in [0.25, 0.3) is 11.1 Å². The van der Waals surface area contributed by atoms with Gasteiger partial charge in [-0.05, 0) is 71.8 Å². The number of carboxylic acid groups (broad SMARTS) is 1. The van der Waals surface area contributed by atoms with E-state index < -0.39 is 16.0 Å². The van der Waals surface area contributed by atoms with Crippen LogP contribution in [-0.4, -0.2) is 61.2 Å². The van der Waals surface area contributed by atoms with Crippen LogP contribution in [0.2, 0.25) is 0 Å². The number of ether oxygens (including phenoxy) is 1. The van der Waals surface area contributed by atoms with E-state index in [2.05, 4.69) is 29.2 Å². The number of aromatic nitrogens is 1. The Morgan fingerprint density at radius 1 is 1.08 bits per heavy atom. The topological polar surface area (TPSA) is 100 Å². The number of carbonyl (C=O) groups is 1. The van der Waals surface area contributed by atoms with Crippen LogP contribution in [0.3, 0.4) is 0 Å². The summed E-state index contributed by atoms with van der Waals surface area (Å²) >= 11 is 0. The van der Waals surface area contributed by atoms with E-state index in [4.69, 9.17) is 9.72 Å². The van der Waals surface area contributed by atoms with Crippen molar-refractivity contribution in [2.45, 2.75) is 25.9 Å². The molecule has 0 spiro atoms. The Morgan fingerprint density at radius 2 is 1.87 bits per heavy atom. The van der Waals surface area contributed by atoms with Crippen molar-refractivity contribution in [3.8, 4) is 16.9 Å². The van der Waals surface area contributed by atoms with Crippen molar-refractivity contribution < 1.29 is 23.1 Å². The average Bonchev–Trinajstić information content (AvgIpc) is 3.49. The molecule has 3 aromatic rings. The Bertz CT molecular complexity index is 1510. The molecule has 0 amide bonds. The number of fused-ring (bicyclic) bond motifs is 3. The summed E-state index contributed by atoms with van der Waals surface area (Å²) in [6.07, 6.45) is 2.07. The van der Waals surface area contributed by atoms with Crippen molar-refractivity contribution in [3.63, 3.8) is 0 Å². The highest BCUT2D eigenvalue weighted by atomic mass is 32.2. The van der Waals surface area contributed by atoms with Gasteiger partial charge in [-0.3, -0.25) is 4.79 Å². The molecule has 3 aliphatic rings. The molecule has 1 N–H and O–H groups in total. The third kappa shape index (κ3) is 4.65. The predicted octanol–water partition coefficient (Wildman–Crippen LogP) is 3.69. The van der Waals surface area contributed by atoms with E-state index >= 15 is 0 Å². The average molecular weight is 534 g/mol. The molecule has 0 radical (unpaired) electrons. The summed E-state index contributed by atoms with van der Waals surface area (Å²) in [5, 5.41) is 9.33. The Balaban J connectivity index is 1.11. The molecule has 1 saturated carbocycles. The number of hydrogen-bond acceptors (Lipinski definition) is 6. The quantitative estimate of drug-likeness (QED) is 0.495. The van der Waals surface area contributed by atoms with Gasteiger partial charge in [-0.2, -0.15) is 4.31 Å². The number of aryl methyl sites for hydroxylation is 1. The van der Waals surface area contributed by atoms with Crippen molar-refractivity contribution in [2.75, 3.05) is 37.3 Å². The van der Waals surface area contributed by atoms with Gasteiger partial charge >= 0.3 is 5.97 Å². The molecule has 1 saturated heterocycles. The molecule has 2 aromatic carbocycles. The first-order valence-electron chi connectivity index (χ1n) is 12.9. The highest BCUT2D eigenvalue weighted by Crippen LogP contribution is 2.61. The predicted molar refractivity (Wildman–Crippen MR) is 145 cm³/mol. The lowest BCUT2D eigenvalue weighted by Gasteiger charge is -2.34. The molecule has 0 bridgehead atoms. The molecule has 1 aromatic heterocycles. The van der Waals surface area contributed by atoms with Gasteiger partial charge in [-0.15, -0.1) is 0 Å². The maximum Gasteiger partial charge on any atom is 0.307 e. The standard InChI is InChI=1S/C29H31N3O5S/c1-18-23(8-9-26(30-18)31-10-12-32(13-11-31)38(2,35)36)20-5-3-4-19(14-20)17-37-22-6-7-24-21(15-22)16-25-27(24)28(25)29(33)34/h3-9,14-15,25,27-28H,10-13,16-17H2,1-2H3,(H,33,34). The van der Waals surface area contributed by atoms with Gasteiger partial charge in [-0.25, -0.2) is 13.4 Å². The molecule has 3 atom stereocenters. The normalized spacial score (nSPS) is 22.6. The summed E-state index contributed by atoms with van der Waals surface area (Å²) in [5.74, 6) is 1.19. The number of hydrogen-bond donors (Lipinski definition) is 1. The Kier molecular flexibility index (Phi) is 6.15. The van der Waals surface area contributed by atoms with Gasteiger partial charge in [-0.1, -0.05) is 24.3 Å². The Morgan fingerprint density at radius 3 is 2.58 bits per heavy atom. The van der Waals surface area contributed by atoms with Gasteiger partial charge in [0.25, 0.3) is 0 Å². The second-order valence-electron chi connectivity index (χ2n) is 10.6. The molecule has 3 unspecified atom stereocenters. The third-order valence-corrected chi connectivity index (χ3v) is 9.43. The maximum absolute atomic E-state index is 11.8. The van der Waals surface area contributed by atoms with E-state index in [1.165, 1.54) is 21.7 Å². The number of nitrogens with zero attached hydrogens (tertiary/aromatic N) is 3. The summed E-state index contributed by atoms with van der Waals surface area (Å²) in [6, 6.07) is 18.4. The summed E-state index contributed by atoms with van der Waals surface area (Å²) in [6.45, 7) is 4.62. The number of rotatable bonds is 7. The van der Waals surface area contributed by atoms with E-state index in [1.807, 2.05) is 37.3 Å². The lowest BCUT2D eigenvalue weighted by atomic mass is 10.0.